The van der Waals surface area contributed by atoms with E-state index >= 15 is 0 Å². The van der Waals surface area contributed by atoms with Gasteiger partial charge in [-0.3, -0.25) is 10.1 Å². The Labute approximate surface area is 117 Å². The maximum absolute atomic E-state index is 11.3. The third-order valence-corrected chi connectivity index (χ3v) is 5.02. The van der Waals surface area contributed by atoms with Crippen molar-refractivity contribution in [2.75, 3.05) is 18.1 Å². The van der Waals surface area contributed by atoms with Gasteiger partial charge in [-0.25, -0.2) is 4.68 Å². The molecule has 6 nitrogen and oxygen atoms in total. The summed E-state index contributed by atoms with van der Waals surface area (Å²) in [5.41, 5.74) is 0.665. The van der Waals surface area contributed by atoms with Crippen LogP contribution in [0.5, 0.6) is 0 Å². The molecular formula is C12H20N4O2S. The molecule has 106 valence electrons. The van der Waals surface area contributed by atoms with Gasteiger partial charge in [0, 0.05) is 24.3 Å². The summed E-state index contributed by atoms with van der Waals surface area (Å²) in [5, 5.41) is 18.8. The lowest BCUT2D eigenvalue weighted by Crippen LogP contribution is -2.19. The molecule has 0 radical (unpaired) electrons. The fourth-order valence-corrected chi connectivity index (χ4v) is 2.86. The molecule has 0 aliphatic heterocycles. The zero-order valence-corrected chi connectivity index (χ0v) is 12.6. The Morgan fingerprint density at radius 1 is 1.58 bits per heavy atom. The van der Waals surface area contributed by atoms with Gasteiger partial charge in [0.1, 0.15) is 5.69 Å². The second-order valence-electron chi connectivity index (χ2n) is 5.36. The van der Waals surface area contributed by atoms with E-state index in [9.17, 15) is 10.1 Å². The summed E-state index contributed by atoms with van der Waals surface area (Å²) in [6.45, 7) is 4.60. The summed E-state index contributed by atoms with van der Waals surface area (Å²) in [5.74, 6) is 0.562. The largest absolute Gasteiger partial charge is 0.363 e. The summed E-state index contributed by atoms with van der Waals surface area (Å²) in [6.07, 6.45) is 4.43. The Balaban J connectivity index is 2.26. The van der Waals surface area contributed by atoms with Crippen molar-refractivity contribution in [3.8, 4) is 0 Å². The van der Waals surface area contributed by atoms with Gasteiger partial charge in [-0.1, -0.05) is 13.8 Å². The molecule has 0 amide bonds. The monoisotopic (exact) mass is 284 g/mol. The molecule has 0 spiro atoms. The first-order valence-corrected chi connectivity index (χ1v) is 7.63. The minimum Gasteiger partial charge on any atom is -0.363 e. The Bertz CT molecular complexity index is 494. The standard InChI is InChI=1S/C12H20N4O2S/c1-8(2)9-10(16(17)18)11(15(3)14-9)13-7-12(19-4)5-6-12/h8,13H,5-7H2,1-4H3. The van der Waals surface area contributed by atoms with Crippen LogP contribution < -0.4 is 5.32 Å². The van der Waals surface area contributed by atoms with Crippen LogP contribution in [0.15, 0.2) is 0 Å². The lowest BCUT2D eigenvalue weighted by Gasteiger charge is -2.13. The molecule has 1 heterocycles. The summed E-state index contributed by atoms with van der Waals surface area (Å²) in [7, 11) is 1.75. The van der Waals surface area contributed by atoms with E-state index in [0.717, 1.165) is 6.54 Å². The lowest BCUT2D eigenvalue weighted by molar-refractivity contribution is -0.384. The molecule has 1 aromatic heterocycles. The molecule has 2 rings (SSSR count). The van der Waals surface area contributed by atoms with E-state index in [1.54, 1.807) is 11.7 Å². The first-order chi connectivity index (χ1) is 8.90. The molecule has 1 aliphatic carbocycles. The number of aromatic nitrogens is 2. The molecule has 1 aliphatic rings. The van der Waals surface area contributed by atoms with Gasteiger partial charge in [-0.2, -0.15) is 16.9 Å². The number of nitrogens with one attached hydrogen (secondary N) is 1. The predicted molar refractivity (Wildman–Crippen MR) is 77.9 cm³/mol. The minimum absolute atomic E-state index is 0.0394. The van der Waals surface area contributed by atoms with Crippen LogP contribution in [0.2, 0.25) is 0 Å². The Kier molecular flexibility index (Phi) is 3.75. The summed E-state index contributed by atoms with van der Waals surface area (Å²) >= 11 is 1.83. The van der Waals surface area contributed by atoms with Gasteiger partial charge in [0.2, 0.25) is 5.82 Å². The number of aryl methyl sites for hydroxylation is 1. The number of hydrogen-bond donors (Lipinski definition) is 1. The molecule has 0 unspecified atom stereocenters. The molecule has 1 aromatic rings. The maximum atomic E-state index is 11.3. The zero-order valence-electron chi connectivity index (χ0n) is 11.8. The molecule has 1 saturated carbocycles. The second kappa shape index (κ2) is 5.03. The van der Waals surface area contributed by atoms with Crippen LogP contribution in [-0.4, -0.2) is 32.3 Å². The van der Waals surface area contributed by atoms with Crippen molar-refractivity contribution < 1.29 is 4.92 Å². The Morgan fingerprint density at radius 3 is 2.63 bits per heavy atom. The van der Waals surface area contributed by atoms with E-state index in [0.29, 0.717) is 11.5 Å². The second-order valence-corrected chi connectivity index (χ2v) is 6.63. The third kappa shape index (κ3) is 2.70. The fraction of sp³-hybridized carbons (Fsp3) is 0.750. The molecule has 1 N–H and O–H groups in total. The van der Waals surface area contributed by atoms with E-state index < -0.39 is 0 Å². The van der Waals surface area contributed by atoms with E-state index in [-0.39, 0.29) is 21.3 Å². The third-order valence-electron chi connectivity index (χ3n) is 3.60. The van der Waals surface area contributed by atoms with Gasteiger partial charge in [-0.15, -0.1) is 0 Å². The molecule has 0 aromatic carbocycles. The molecule has 0 saturated heterocycles. The number of hydrogen-bond acceptors (Lipinski definition) is 5. The smallest absolute Gasteiger partial charge is 0.334 e. The maximum Gasteiger partial charge on any atom is 0.334 e. The topological polar surface area (TPSA) is 73.0 Å². The van der Waals surface area contributed by atoms with E-state index in [4.69, 9.17) is 0 Å². The highest BCUT2D eigenvalue weighted by Crippen LogP contribution is 2.47. The first-order valence-electron chi connectivity index (χ1n) is 6.40. The summed E-state index contributed by atoms with van der Waals surface area (Å²) in [6, 6.07) is 0. The van der Waals surface area contributed by atoms with Crippen molar-refractivity contribution in [2.45, 2.75) is 37.4 Å². The van der Waals surface area contributed by atoms with Gasteiger partial charge in [-0.05, 0) is 19.1 Å². The van der Waals surface area contributed by atoms with Crippen molar-refractivity contribution in [2.24, 2.45) is 7.05 Å². The Hall–Kier alpha value is -1.24. The van der Waals surface area contributed by atoms with Gasteiger partial charge >= 0.3 is 5.69 Å². The molecule has 0 atom stereocenters. The first kappa shape index (κ1) is 14.2. The average molecular weight is 284 g/mol. The summed E-state index contributed by atoms with van der Waals surface area (Å²) < 4.78 is 1.85. The predicted octanol–water partition coefficient (Wildman–Crippen LogP) is 2.76. The van der Waals surface area contributed by atoms with Crippen LogP contribution >= 0.6 is 11.8 Å². The van der Waals surface area contributed by atoms with Crippen molar-refractivity contribution in [3.05, 3.63) is 15.8 Å². The quantitative estimate of drug-likeness (QED) is 0.642. The van der Waals surface area contributed by atoms with Crippen molar-refractivity contribution in [1.82, 2.24) is 9.78 Å². The van der Waals surface area contributed by atoms with Gasteiger partial charge in [0.15, 0.2) is 0 Å². The highest BCUT2D eigenvalue weighted by atomic mass is 32.2. The number of thioether (sulfide) groups is 1. The normalized spacial score (nSPS) is 16.7. The highest BCUT2D eigenvalue weighted by Gasteiger charge is 2.42. The highest BCUT2D eigenvalue weighted by molar-refractivity contribution is 8.00. The average Bonchev–Trinajstić information content (AvgIpc) is 3.04. The van der Waals surface area contributed by atoms with Crippen molar-refractivity contribution in [1.29, 1.82) is 0 Å². The van der Waals surface area contributed by atoms with Gasteiger partial charge in [0.05, 0.1) is 4.92 Å². The molecule has 19 heavy (non-hydrogen) atoms. The number of nitrogens with zero attached hydrogens (tertiary/aromatic N) is 3. The van der Waals surface area contributed by atoms with Crippen LogP contribution in [-0.2, 0) is 7.05 Å². The van der Waals surface area contributed by atoms with Crippen molar-refractivity contribution in [3.63, 3.8) is 0 Å². The van der Waals surface area contributed by atoms with E-state index in [1.165, 1.54) is 12.8 Å². The molecule has 1 fully saturated rings. The fourth-order valence-electron chi connectivity index (χ4n) is 2.14. The molecule has 0 bridgehead atoms. The SMILES string of the molecule is CSC1(CNc2c([N+](=O)[O-])c(C(C)C)nn2C)CC1. The number of anilines is 1. The van der Waals surface area contributed by atoms with Gasteiger partial charge < -0.3 is 5.32 Å². The summed E-state index contributed by atoms with van der Waals surface area (Å²) in [4.78, 5) is 10.9. The van der Waals surface area contributed by atoms with Crippen LogP contribution in [0, 0.1) is 10.1 Å². The molecular weight excluding hydrogens is 264 g/mol. The van der Waals surface area contributed by atoms with E-state index in [1.807, 2.05) is 25.6 Å². The Morgan fingerprint density at radius 2 is 2.21 bits per heavy atom. The minimum atomic E-state index is -0.330. The van der Waals surface area contributed by atoms with Crippen LogP contribution in [0.1, 0.15) is 38.3 Å². The zero-order chi connectivity index (χ0) is 14.2. The number of nitro groups is 1. The van der Waals surface area contributed by atoms with Gasteiger partial charge in [0.25, 0.3) is 0 Å². The molecule has 7 heteroatoms. The van der Waals surface area contributed by atoms with Crippen LogP contribution in [0.3, 0.4) is 0 Å². The van der Waals surface area contributed by atoms with Crippen LogP contribution in [0.4, 0.5) is 11.5 Å². The van der Waals surface area contributed by atoms with Crippen molar-refractivity contribution >= 4 is 23.3 Å². The van der Waals surface area contributed by atoms with Crippen LogP contribution in [0.25, 0.3) is 0 Å². The lowest BCUT2D eigenvalue weighted by atomic mass is 10.1. The van der Waals surface area contributed by atoms with E-state index in [2.05, 4.69) is 16.7 Å². The number of rotatable bonds is 6.